The molecule has 0 amide bonds. The minimum absolute atomic E-state index is 0.726. The van der Waals surface area contributed by atoms with Crippen LogP contribution in [0.25, 0.3) is 16.9 Å². The zero-order chi connectivity index (χ0) is 11.8. The second-order valence-electron chi connectivity index (χ2n) is 3.82. The molecule has 0 atom stereocenters. The standard InChI is InChI=1S/C13H10BrN3/c14-12-4-2-1-3-11(12)13-16-7-10-6-5-9(15)8-17(10)13/h1-8H,15H2. The topological polar surface area (TPSA) is 43.3 Å². The number of anilines is 1. The number of nitrogens with two attached hydrogens (primary N) is 1. The van der Waals surface area contributed by atoms with Crippen LogP contribution in [0.2, 0.25) is 0 Å². The molecule has 0 unspecified atom stereocenters. The SMILES string of the molecule is Nc1ccc2cnc(-c3ccccc3Br)n2c1. The van der Waals surface area contributed by atoms with Crippen molar-refractivity contribution in [3.8, 4) is 11.4 Å². The number of rotatable bonds is 1. The van der Waals surface area contributed by atoms with E-state index in [0.29, 0.717) is 0 Å². The summed E-state index contributed by atoms with van der Waals surface area (Å²) in [6.45, 7) is 0. The zero-order valence-corrected chi connectivity index (χ0v) is 10.6. The highest BCUT2D eigenvalue weighted by atomic mass is 79.9. The van der Waals surface area contributed by atoms with Crippen molar-refractivity contribution in [1.82, 2.24) is 9.38 Å². The van der Waals surface area contributed by atoms with Gasteiger partial charge in [0, 0.05) is 21.9 Å². The summed E-state index contributed by atoms with van der Waals surface area (Å²) in [4.78, 5) is 4.44. The van der Waals surface area contributed by atoms with Gasteiger partial charge in [0.05, 0.1) is 11.7 Å². The predicted octanol–water partition coefficient (Wildman–Crippen LogP) is 3.35. The van der Waals surface area contributed by atoms with E-state index in [1.54, 1.807) is 0 Å². The molecule has 0 fully saturated rings. The summed E-state index contributed by atoms with van der Waals surface area (Å²) in [7, 11) is 0. The number of hydrogen-bond donors (Lipinski definition) is 1. The van der Waals surface area contributed by atoms with E-state index in [0.717, 1.165) is 27.1 Å². The molecule has 0 saturated heterocycles. The summed E-state index contributed by atoms with van der Waals surface area (Å²) in [5.41, 5.74) is 8.62. The largest absolute Gasteiger partial charge is 0.398 e. The molecule has 0 bridgehead atoms. The smallest absolute Gasteiger partial charge is 0.145 e. The Balaban J connectivity index is 2.31. The van der Waals surface area contributed by atoms with Gasteiger partial charge in [-0.3, -0.25) is 4.40 Å². The molecule has 2 heterocycles. The third-order valence-electron chi connectivity index (χ3n) is 2.66. The monoisotopic (exact) mass is 287 g/mol. The molecule has 84 valence electrons. The van der Waals surface area contributed by atoms with Crippen molar-refractivity contribution in [3.63, 3.8) is 0 Å². The van der Waals surface area contributed by atoms with E-state index in [4.69, 9.17) is 5.73 Å². The van der Waals surface area contributed by atoms with Crippen LogP contribution in [-0.4, -0.2) is 9.38 Å². The predicted molar refractivity (Wildman–Crippen MR) is 72.7 cm³/mol. The molecule has 3 aromatic rings. The summed E-state index contributed by atoms with van der Waals surface area (Å²) in [6.07, 6.45) is 3.73. The van der Waals surface area contributed by atoms with Gasteiger partial charge in [-0.15, -0.1) is 0 Å². The average molecular weight is 288 g/mol. The molecule has 17 heavy (non-hydrogen) atoms. The van der Waals surface area contributed by atoms with Gasteiger partial charge < -0.3 is 5.73 Å². The van der Waals surface area contributed by atoms with Gasteiger partial charge in [0.1, 0.15) is 5.82 Å². The van der Waals surface area contributed by atoms with Gasteiger partial charge in [-0.1, -0.05) is 34.1 Å². The van der Waals surface area contributed by atoms with Crippen molar-refractivity contribution >= 4 is 27.1 Å². The van der Waals surface area contributed by atoms with Crippen LogP contribution in [0.15, 0.2) is 53.3 Å². The number of halogens is 1. The van der Waals surface area contributed by atoms with E-state index in [9.17, 15) is 0 Å². The maximum atomic E-state index is 5.81. The van der Waals surface area contributed by atoms with E-state index in [-0.39, 0.29) is 0 Å². The first-order valence-electron chi connectivity index (χ1n) is 5.23. The fourth-order valence-corrected chi connectivity index (χ4v) is 2.31. The molecular weight excluding hydrogens is 278 g/mol. The fourth-order valence-electron chi connectivity index (χ4n) is 1.85. The van der Waals surface area contributed by atoms with Crippen molar-refractivity contribution in [1.29, 1.82) is 0 Å². The Morgan fingerprint density at radius 2 is 1.94 bits per heavy atom. The number of imidazole rings is 1. The van der Waals surface area contributed by atoms with Crippen molar-refractivity contribution in [3.05, 3.63) is 53.3 Å². The Morgan fingerprint density at radius 3 is 2.76 bits per heavy atom. The van der Waals surface area contributed by atoms with Gasteiger partial charge in [0.15, 0.2) is 0 Å². The maximum absolute atomic E-state index is 5.81. The van der Waals surface area contributed by atoms with Crippen molar-refractivity contribution in [2.75, 3.05) is 5.73 Å². The molecule has 1 aromatic carbocycles. The normalized spacial score (nSPS) is 10.9. The summed E-state index contributed by atoms with van der Waals surface area (Å²) in [5.74, 6) is 0.889. The van der Waals surface area contributed by atoms with Crippen molar-refractivity contribution in [2.24, 2.45) is 0 Å². The van der Waals surface area contributed by atoms with E-state index in [1.165, 1.54) is 0 Å². The van der Waals surface area contributed by atoms with Crippen LogP contribution in [0.5, 0.6) is 0 Å². The molecule has 0 radical (unpaired) electrons. The first-order chi connectivity index (χ1) is 8.25. The molecule has 0 aliphatic rings. The van der Waals surface area contributed by atoms with E-state index >= 15 is 0 Å². The molecule has 0 spiro atoms. The summed E-state index contributed by atoms with van der Waals surface area (Å²) >= 11 is 3.54. The Labute approximate surface area is 107 Å². The first kappa shape index (κ1) is 10.4. The molecule has 2 N–H and O–H groups in total. The molecule has 4 heteroatoms. The van der Waals surface area contributed by atoms with Crippen LogP contribution in [0.4, 0.5) is 5.69 Å². The summed E-state index contributed by atoms with van der Waals surface area (Å²) in [6, 6.07) is 11.8. The summed E-state index contributed by atoms with van der Waals surface area (Å²) in [5, 5.41) is 0. The van der Waals surface area contributed by atoms with Gasteiger partial charge in [-0.05, 0) is 18.2 Å². The molecule has 0 aliphatic heterocycles. The molecule has 2 aromatic heterocycles. The van der Waals surface area contributed by atoms with Crippen LogP contribution in [0, 0.1) is 0 Å². The molecule has 0 aliphatic carbocycles. The lowest BCUT2D eigenvalue weighted by molar-refractivity contribution is 1.16. The zero-order valence-electron chi connectivity index (χ0n) is 8.97. The van der Waals surface area contributed by atoms with Crippen LogP contribution in [-0.2, 0) is 0 Å². The van der Waals surface area contributed by atoms with Gasteiger partial charge in [0.25, 0.3) is 0 Å². The quantitative estimate of drug-likeness (QED) is 0.746. The number of nitrogen functional groups attached to an aromatic ring is 1. The highest BCUT2D eigenvalue weighted by Gasteiger charge is 2.08. The van der Waals surface area contributed by atoms with E-state index < -0.39 is 0 Å². The second-order valence-corrected chi connectivity index (χ2v) is 4.67. The van der Waals surface area contributed by atoms with E-state index in [1.807, 2.05) is 53.2 Å². The average Bonchev–Trinajstić information content (AvgIpc) is 2.72. The molecule has 0 saturated carbocycles. The minimum Gasteiger partial charge on any atom is -0.398 e. The molecule has 3 nitrogen and oxygen atoms in total. The van der Waals surface area contributed by atoms with Gasteiger partial charge in [-0.2, -0.15) is 0 Å². The first-order valence-corrected chi connectivity index (χ1v) is 6.02. The van der Waals surface area contributed by atoms with Crippen LogP contribution >= 0.6 is 15.9 Å². The van der Waals surface area contributed by atoms with Crippen LogP contribution in [0.1, 0.15) is 0 Å². The van der Waals surface area contributed by atoms with Gasteiger partial charge >= 0.3 is 0 Å². The number of nitrogens with zero attached hydrogens (tertiary/aromatic N) is 2. The lowest BCUT2D eigenvalue weighted by atomic mass is 10.2. The van der Waals surface area contributed by atoms with Crippen LogP contribution in [0.3, 0.4) is 0 Å². The Bertz CT molecular complexity index is 688. The lowest BCUT2D eigenvalue weighted by Crippen LogP contribution is -1.93. The van der Waals surface area contributed by atoms with E-state index in [2.05, 4.69) is 20.9 Å². The number of hydrogen-bond acceptors (Lipinski definition) is 2. The second kappa shape index (κ2) is 3.89. The van der Waals surface area contributed by atoms with Gasteiger partial charge in [0.2, 0.25) is 0 Å². The fraction of sp³-hybridized carbons (Fsp3) is 0. The molecule has 3 rings (SSSR count). The highest BCUT2D eigenvalue weighted by Crippen LogP contribution is 2.27. The summed E-state index contributed by atoms with van der Waals surface area (Å²) < 4.78 is 3.02. The maximum Gasteiger partial charge on any atom is 0.145 e. The Hall–Kier alpha value is -1.81. The Morgan fingerprint density at radius 1 is 1.12 bits per heavy atom. The lowest BCUT2D eigenvalue weighted by Gasteiger charge is -2.04. The third kappa shape index (κ3) is 1.70. The Kier molecular flexibility index (Phi) is 2.37. The third-order valence-corrected chi connectivity index (χ3v) is 3.36. The van der Waals surface area contributed by atoms with Crippen molar-refractivity contribution < 1.29 is 0 Å². The van der Waals surface area contributed by atoms with Crippen molar-refractivity contribution in [2.45, 2.75) is 0 Å². The number of pyridine rings is 1. The van der Waals surface area contributed by atoms with Crippen LogP contribution < -0.4 is 5.73 Å². The highest BCUT2D eigenvalue weighted by molar-refractivity contribution is 9.10. The molecular formula is C13H10BrN3. The minimum atomic E-state index is 0.726. The number of benzene rings is 1. The number of fused-ring (bicyclic) bond motifs is 1. The number of aromatic nitrogens is 2. The van der Waals surface area contributed by atoms with Gasteiger partial charge in [-0.25, -0.2) is 4.98 Å².